The van der Waals surface area contributed by atoms with Gasteiger partial charge in [0.25, 0.3) is 11.8 Å². The van der Waals surface area contributed by atoms with Crippen molar-refractivity contribution in [1.29, 1.82) is 0 Å². The molecule has 0 radical (unpaired) electrons. The Kier molecular flexibility index (Phi) is 8.58. The number of fused-ring (bicyclic) bond motifs is 1. The summed E-state index contributed by atoms with van der Waals surface area (Å²) in [5.41, 5.74) is -1.09. The minimum Gasteiger partial charge on any atom is -0.543 e. The summed E-state index contributed by atoms with van der Waals surface area (Å²) in [5.74, 6) is -3.66. The van der Waals surface area contributed by atoms with Gasteiger partial charge in [0.1, 0.15) is 22.7 Å². The number of hydrogen-bond acceptors (Lipinski definition) is 12. The smallest absolute Gasteiger partial charge is 0.347 e. The third-order valence-electron chi connectivity index (χ3n) is 4.59. The number of thioether (sulfide) groups is 1. The highest BCUT2D eigenvalue weighted by molar-refractivity contribution is 8.00. The Morgan fingerprint density at radius 3 is 2.72 bits per heavy atom. The van der Waals surface area contributed by atoms with Crippen molar-refractivity contribution in [3.63, 3.8) is 0 Å². The summed E-state index contributed by atoms with van der Waals surface area (Å²) in [6, 6.07) is -1.07. The predicted octanol–water partition coefficient (Wildman–Crippen LogP) is -0.583. The van der Waals surface area contributed by atoms with Crippen LogP contribution in [0.1, 0.15) is 26.5 Å². The van der Waals surface area contributed by atoms with Crippen molar-refractivity contribution in [3.8, 4) is 0 Å². The van der Waals surface area contributed by atoms with E-state index in [1.807, 2.05) is 0 Å². The zero-order valence-electron chi connectivity index (χ0n) is 19.2. The molecule has 1 aromatic rings. The monoisotopic (exact) mass is 558 g/mol. The SMILES string of the molecule is CC(C)(C)OC(=O)CON=C(C(=O)NC1C(=O)N2C(C(=O)[O-])=C(CCl)CS[C@H]12)c1csc(NC=O)n1. The highest BCUT2D eigenvalue weighted by atomic mass is 35.5. The van der Waals surface area contributed by atoms with Crippen molar-refractivity contribution in [2.75, 3.05) is 23.6 Å². The number of alkyl halides is 1. The predicted molar refractivity (Wildman–Crippen MR) is 128 cm³/mol. The fraction of sp³-hybridized carbons (Fsp3) is 0.450. The first-order valence-corrected chi connectivity index (χ1v) is 12.8. The molecule has 194 valence electrons. The average Bonchev–Trinajstić information content (AvgIpc) is 3.26. The van der Waals surface area contributed by atoms with E-state index >= 15 is 0 Å². The van der Waals surface area contributed by atoms with Gasteiger partial charge in [-0.3, -0.25) is 19.3 Å². The Bertz CT molecular complexity index is 1150. The number of anilines is 1. The van der Waals surface area contributed by atoms with E-state index in [0.29, 0.717) is 12.0 Å². The van der Waals surface area contributed by atoms with Crippen LogP contribution in [0.15, 0.2) is 21.8 Å². The summed E-state index contributed by atoms with van der Waals surface area (Å²) in [5, 5.41) is 21.0. The molecule has 0 aliphatic carbocycles. The van der Waals surface area contributed by atoms with Crippen LogP contribution in [0.3, 0.4) is 0 Å². The molecule has 3 rings (SSSR count). The number of β-lactam (4-membered cyclic amide) rings is 1. The van der Waals surface area contributed by atoms with E-state index in [2.05, 4.69) is 20.8 Å². The first-order chi connectivity index (χ1) is 17.0. The van der Waals surface area contributed by atoms with Crippen molar-refractivity contribution in [2.45, 2.75) is 37.8 Å². The van der Waals surface area contributed by atoms with Crippen LogP contribution in [-0.4, -0.2) is 81.0 Å². The number of thiazole rings is 1. The van der Waals surface area contributed by atoms with Gasteiger partial charge >= 0.3 is 5.97 Å². The molecule has 2 aliphatic heterocycles. The standard InChI is InChI=1S/C20H22ClN5O8S2/c1-20(2,3)34-11(28)5-33-25-12(10-7-36-19(23-10)22-8-27)15(29)24-13-16(30)26-14(18(31)32)9(4-21)6-35-17(13)26/h7-8,13,17H,4-6H2,1-3H3,(H,24,29)(H,31,32)(H,22,23,27)/p-1/t13?,17-/m1/s1. The Morgan fingerprint density at radius 2 is 2.11 bits per heavy atom. The van der Waals surface area contributed by atoms with Gasteiger partial charge in [-0.25, -0.2) is 9.78 Å². The number of nitrogens with zero attached hydrogens (tertiary/aromatic N) is 3. The number of carboxylic acid groups (broad SMARTS) is 1. The van der Waals surface area contributed by atoms with E-state index in [0.717, 1.165) is 16.2 Å². The lowest BCUT2D eigenvalue weighted by molar-refractivity contribution is -0.301. The van der Waals surface area contributed by atoms with E-state index in [4.69, 9.17) is 21.2 Å². The lowest BCUT2D eigenvalue weighted by Gasteiger charge is -2.50. The van der Waals surface area contributed by atoms with Crippen molar-refractivity contribution in [2.24, 2.45) is 5.16 Å². The number of rotatable bonds is 10. The number of carbonyl (C=O) groups excluding carboxylic acids is 5. The van der Waals surface area contributed by atoms with E-state index < -0.39 is 47.4 Å². The number of ether oxygens (including phenoxy) is 1. The van der Waals surface area contributed by atoms with Crippen LogP contribution >= 0.6 is 34.7 Å². The molecule has 0 bridgehead atoms. The van der Waals surface area contributed by atoms with Crippen molar-refractivity contribution < 1.29 is 38.7 Å². The summed E-state index contributed by atoms with van der Waals surface area (Å²) in [6.45, 7) is 4.41. The van der Waals surface area contributed by atoms with Crippen LogP contribution in [0.25, 0.3) is 0 Å². The van der Waals surface area contributed by atoms with Gasteiger partial charge in [-0.2, -0.15) is 0 Å². The Hall–Kier alpha value is -3.17. The zero-order chi connectivity index (χ0) is 26.6. The zero-order valence-corrected chi connectivity index (χ0v) is 21.6. The Morgan fingerprint density at radius 1 is 1.39 bits per heavy atom. The topological polar surface area (TPSA) is 179 Å². The molecule has 1 aromatic heterocycles. The number of aliphatic carboxylic acids is 1. The van der Waals surface area contributed by atoms with Gasteiger partial charge < -0.3 is 30.1 Å². The molecule has 0 saturated carbocycles. The highest BCUT2D eigenvalue weighted by Crippen LogP contribution is 2.40. The maximum absolute atomic E-state index is 13.1. The molecule has 0 aromatic carbocycles. The Balaban J connectivity index is 1.78. The van der Waals surface area contributed by atoms with Crippen LogP contribution < -0.4 is 15.7 Å². The van der Waals surface area contributed by atoms with Crippen LogP contribution in [0.4, 0.5) is 5.13 Å². The number of oxime groups is 1. The molecular weight excluding hydrogens is 538 g/mol. The molecule has 3 amide bonds. The molecule has 2 aliphatic rings. The maximum atomic E-state index is 13.1. The first kappa shape index (κ1) is 27.4. The number of esters is 1. The van der Waals surface area contributed by atoms with Crippen LogP contribution in [0, 0.1) is 0 Å². The van der Waals surface area contributed by atoms with Crippen molar-refractivity contribution in [3.05, 3.63) is 22.3 Å². The molecule has 1 unspecified atom stereocenters. The van der Waals surface area contributed by atoms with Crippen LogP contribution in [0.5, 0.6) is 0 Å². The number of aromatic nitrogens is 1. The highest BCUT2D eigenvalue weighted by Gasteiger charge is 2.53. The normalized spacial score (nSPS) is 19.7. The first-order valence-electron chi connectivity index (χ1n) is 10.3. The number of nitrogens with one attached hydrogen (secondary N) is 2. The molecule has 16 heteroatoms. The summed E-state index contributed by atoms with van der Waals surface area (Å²) < 4.78 is 5.12. The van der Waals surface area contributed by atoms with Gasteiger partial charge in [0.2, 0.25) is 13.0 Å². The number of carbonyl (C=O) groups is 5. The van der Waals surface area contributed by atoms with Crippen molar-refractivity contribution >= 4 is 75.7 Å². The second-order valence-corrected chi connectivity index (χ2v) is 10.6. The molecule has 3 heterocycles. The fourth-order valence-electron chi connectivity index (χ4n) is 3.21. The second-order valence-electron chi connectivity index (χ2n) is 8.33. The fourth-order valence-corrected chi connectivity index (χ4v) is 5.54. The largest absolute Gasteiger partial charge is 0.543 e. The summed E-state index contributed by atoms with van der Waals surface area (Å²) in [7, 11) is 0. The van der Waals surface area contributed by atoms with Gasteiger partial charge in [0.05, 0.1) is 11.7 Å². The molecule has 2 N–H and O–H groups in total. The van der Waals surface area contributed by atoms with Gasteiger partial charge in [-0.15, -0.1) is 34.7 Å². The third-order valence-corrected chi connectivity index (χ3v) is 7.03. The van der Waals surface area contributed by atoms with E-state index in [1.165, 1.54) is 17.1 Å². The number of amides is 3. The minimum atomic E-state index is -1.54. The van der Waals surface area contributed by atoms with Crippen molar-refractivity contribution in [1.82, 2.24) is 15.2 Å². The average molecular weight is 559 g/mol. The summed E-state index contributed by atoms with van der Waals surface area (Å²) in [4.78, 5) is 70.1. The van der Waals surface area contributed by atoms with Gasteiger partial charge in [0, 0.05) is 17.0 Å². The van der Waals surface area contributed by atoms with E-state index in [1.54, 1.807) is 20.8 Å². The molecule has 1 fully saturated rings. The minimum absolute atomic E-state index is 0.00529. The van der Waals surface area contributed by atoms with E-state index in [9.17, 15) is 29.1 Å². The molecule has 13 nitrogen and oxygen atoms in total. The molecular formula is C20H21ClN5O8S2-. The second kappa shape index (κ2) is 11.3. The van der Waals surface area contributed by atoms with Crippen LogP contribution in [-0.2, 0) is 33.5 Å². The lowest BCUT2D eigenvalue weighted by atomic mass is 10.0. The molecule has 1 saturated heterocycles. The molecule has 36 heavy (non-hydrogen) atoms. The number of halogens is 1. The summed E-state index contributed by atoms with van der Waals surface area (Å²) >= 11 is 8.03. The van der Waals surface area contributed by atoms with E-state index in [-0.39, 0.29) is 33.9 Å². The lowest BCUT2D eigenvalue weighted by Crippen LogP contribution is -2.71. The maximum Gasteiger partial charge on any atom is 0.347 e. The van der Waals surface area contributed by atoms with Gasteiger partial charge in [0.15, 0.2) is 10.8 Å². The number of carboxylic acids is 1. The number of hydrogen-bond donors (Lipinski definition) is 2. The van der Waals surface area contributed by atoms with Crippen LogP contribution in [0.2, 0.25) is 0 Å². The summed E-state index contributed by atoms with van der Waals surface area (Å²) in [6.07, 6.45) is 0.401. The third kappa shape index (κ3) is 6.14. The molecule has 2 atom stereocenters. The Labute approximate surface area is 218 Å². The van der Waals surface area contributed by atoms with Gasteiger partial charge in [-0.05, 0) is 26.3 Å². The quantitative estimate of drug-likeness (QED) is 0.0941. The van der Waals surface area contributed by atoms with Gasteiger partial charge in [-0.1, -0.05) is 5.16 Å². The molecule has 0 spiro atoms.